The molecule has 0 amide bonds. The van der Waals surface area contributed by atoms with Gasteiger partial charge in [0, 0.05) is 6.04 Å². The molecule has 1 aliphatic heterocycles. The van der Waals surface area contributed by atoms with Crippen molar-refractivity contribution in [2.45, 2.75) is 57.7 Å². The molecule has 2 aliphatic rings. The van der Waals surface area contributed by atoms with Crippen molar-refractivity contribution >= 4 is 5.96 Å². The van der Waals surface area contributed by atoms with Gasteiger partial charge >= 0.3 is 0 Å². The van der Waals surface area contributed by atoms with E-state index in [1.54, 1.807) is 0 Å². The largest absolute Gasteiger partial charge is 0.354 e. The molecule has 74 valence electrons. The Hall–Kier alpha value is -0.730. The topological polar surface area (TPSA) is 36.4 Å². The lowest BCUT2D eigenvalue weighted by molar-refractivity contribution is 0.384. The Morgan fingerprint density at radius 2 is 2.15 bits per heavy atom. The van der Waals surface area contributed by atoms with Crippen molar-refractivity contribution in [3.8, 4) is 0 Å². The van der Waals surface area contributed by atoms with Crippen molar-refractivity contribution in [1.29, 1.82) is 0 Å². The lowest BCUT2D eigenvalue weighted by atomic mass is 9.92. The Morgan fingerprint density at radius 3 is 2.85 bits per heavy atom. The highest BCUT2D eigenvalue weighted by Gasteiger charge is 2.30. The molecule has 0 aromatic heterocycles. The monoisotopic (exact) mass is 181 g/mol. The maximum atomic E-state index is 4.64. The first-order valence-electron chi connectivity index (χ1n) is 5.36. The van der Waals surface area contributed by atoms with Crippen molar-refractivity contribution in [3.63, 3.8) is 0 Å². The summed E-state index contributed by atoms with van der Waals surface area (Å²) in [6.45, 7) is 4.29. The average Bonchev–Trinajstić information content (AvgIpc) is 2.44. The lowest BCUT2D eigenvalue weighted by Crippen LogP contribution is -2.43. The Balaban J connectivity index is 1.93. The van der Waals surface area contributed by atoms with E-state index in [1.165, 1.54) is 25.7 Å². The molecular weight excluding hydrogens is 162 g/mol. The number of aliphatic imine (C=N–C) groups is 1. The van der Waals surface area contributed by atoms with Gasteiger partial charge in [0.1, 0.15) is 0 Å². The Morgan fingerprint density at radius 1 is 1.38 bits per heavy atom. The summed E-state index contributed by atoms with van der Waals surface area (Å²) in [6, 6.07) is 1.65. The van der Waals surface area contributed by atoms with Crippen LogP contribution in [0.25, 0.3) is 0 Å². The summed E-state index contributed by atoms with van der Waals surface area (Å²) in [5.74, 6) is 1.02. The van der Waals surface area contributed by atoms with Crippen molar-refractivity contribution < 1.29 is 0 Å². The van der Waals surface area contributed by atoms with E-state index < -0.39 is 0 Å². The second-order valence-electron chi connectivity index (χ2n) is 4.38. The van der Waals surface area contributed by atoms with Crippen LogP contribution in [-0.4, -0.2) is 24.1 Å². The summed E-state index contributed by atoms with van der Waals surface area (Å²) in [7, 11) is 0. The number of hydrogen-bond acceptors (Lipinski definition) is 3. The Kier molecular flexibility index (Phi) is 2.42. The van der Waals surface area contributed by atoms with E-state index in [-0.39, 0.29) is 0 Å². The van der Waals surface area contributed by atoms with Gasteiger partial charge in [-0.2, -0.15) is 0 Å². The van der Waals surface area contributed by atoms with Gasteiger partial charge in [-0.3, -0.25) is 0 Å². The molecule has 1 heterocycles. The SMILES string of the molecule is CC(C)NC1=NC2CCCCC2N1. The molecule has 3 heteroatoms. The molecule has 0 radical (unpaired) electrons. The van der Waals surface area contributed by atoms with Crippen molar-refractivity contribution in [2.75, 3.05) is 0 Å². The van der Waals surface area contributed by atoms with Crippen LogP contribution < -0.4 is 10.6 Å². The third kappa shape index (κ3) is 1.95. The molecule has 0 aromatic rings. The van der Waals surface area contributed by atoms with Gasteiger partial charge in [-0.1, -0.05) is 12.8 Å². The van der Waals surface area contributed by atoms with Crippen molar-refractivity contribution in [3.05, 3.63) is 0 Å². The maximum absolute atomic E-state index is 4.64. The van der Waals surface area contributed by atoms with Crippen LogP contribution in [-0.2, 0) is 0 Å². The van der Waals surface area contributed by atoms with Crippen LogP contribution in [0.3, 0.4) is 0 Å². The number of nitrogens with zero attached hydrogens (tertiary/aromatic N) is 1. The maximum Gasteiger partial charge on any atom is 0.192 e. The molecule has 0 aromatic carbocycles. The second-order valence-corrected chi connectivity index (χ2v) is 4.38. The van der Waals surface area contributed by atoms with Crippen LogP contribution >= 0.6 is 0 Å². The van der Waals surface area contributed by atoms with Gasteiger partial charge < -0.3 is 10.6 Å². The fraction of sp³-hybridized carbons (Fsp3) is 0.900. The summed E-state index contributed by atoms with van der Waals surface area (Å²) in [5.41, 5.74) is 0. The molecule has 2 rings (SSSR count). The van der Waals surface area contributed by atoms with Crippen LogP contribution in [0.5, 0.6) is 0 Å². The van der Waals surface area contributed by atoms with Gasteiger partial charge in [-0.05, 0) is 26.7 Å². The molecule has 2 N–H and O–H groups in total. The van der Waals surface area contributed by atoms with E-state index in [2.05, 4.69) is 29.5 Å². The van der Waals surface area contributed by atoms with E-state index >= 15 is 0 Å². The first kappa shape index (κ1) is 8.85. The average molecular weight is 181 g/mol. The van der Waals surface area contributed by atoms with E-state index in [0.29, 0.717) is 18.1 Å². The standard InChI is InChI=1S/C10H19N3/c1-7(2)11-10-12-8-5-3-4-6-9(8)13-10/h7-9H,3-6H2,1-2H3,(H2,11,12,13). The van der Waals surface area contributed by atoms with Crippen molar-refractivity contribution in [2.24, 2.45) is 4.99 Å². The van der Waals surface area contributed by atoms with Gasteiger partial charge in [0.2, 0.25) is 0 Å². The molecule has 2 unspecified atom stereocenters. The first-order valence-corrected chi connectivity index (χ1v) is 5.36. The van der Waals surface area contributed by atoms with Gasteiger partial charge in [0.25, 0.3) is 0 Å². The first-order chi connectivity index (χ1) is 6.25. The molecule has 0 spiro atoms. The number of fused-ring (bicyclic) bond motifs is 1. The quantitative estimate of drug-likeness (QED) is 0.639. The highest BCUT2D eigenvalue weighted by atomic mass is 15.3. The van der Waals surface area contributed by atoms with Gasteiger partial charge in [-0.25, -0.2) is 4.99 Å². The molecule has 13 heavy (non-hydrogen) atoms. The van der Waals surface area contributed by atoms with E-state index in [1.807, 2.05) is 0 Å². The van der Waals surface area contributed by atoms with Gasteiger partial charge in [0.05, 0.1) is 12.1 Å². The van der Waals surface area contributed by atoms with Crippen molar-refractivity contribution in [1.82, 2.24) is 10.6 Å². The third-order valence-corrected chi connectivity index (χ3v) is 2.77. The molecular formula is C10H19N3. The highest BCUT2D eigenvalue weighted by molar-refractivity contribution is 5.82. The predicted molar refractivity (Wildman–Crippen MR) is 54.9 cm³/mol. The molecule has 0 bridgehead atoms. The normalized spacial score (nSPS) is 32.4. The van der Waals surface area contributed by atoms with Crippen LogP contribution in [0.2, 0.25) is 0 Å². The van der Waals surface area contributed by atoms with E-state index in [9.17, 15) is 0 Å². The summed E-state index contributed by atoms with van der Waals surface area (Å²) >= 11 is 0. The van der Waals surface area contributed by atoms with Gasteiger partial charge in [0.15, 0.2) is 5.96 Å². The summed E-state index contributed by atoms with van der Waals surface area (Å²) in [5, 5.41) is 6.80. The molecule has 0 saturated heterocycles. The third-order valence-electron chi connectivity index (χ3n) is 2.77. The van der Waals surface area contributed by atoms with E-state index in [0.717, 1.165) is 5.96 Å². The number of rotatable bonds is 1. The summed E-state index contributed by atoms with van der Waals surface area (Å²) in [4.78, 5) is 4.64. The molecule has 1 saturated carbocycles. The fourth-order valence-electron chi connectivity index (χ4n) is 2.17. The molecule has 1 aliphatic carbocycles. The van der Waals surface area contributed by atoms with Gasteiger partial charge in [-0.15, -0.1) is 0 Å². The number of nitrogens with one attached hydrogen (secondary N) is 2. The number of guanidine groups is 1. The second kappa shape index (κ2) is 3.56. The fourth-order valence-corrected chi connectivity index (χ4v) is 2.17. The minimum atomic E-state index is 0.478. The molecule has 2 atom stereocenters. The summed E-state index contributed by atoms with van der Waals surface area (Å²) in [6.07, 6.45) is 5.26. The Bertz CT molecular complexity index is 210. The minimum absolute atomic E-state index is 0.478. The smallest absolute Gasteiger partial charge is 0.192 e. The zero-order chi connectivity index (χ0) is 9.26. The predicted octanol–water partition coefficient (Wildman–Crippen LogP) is 1.25. The zero-order valence-electron chi connectivity index (χ0n) is 8.51. The van der Waals surface area contributed by atoms with E-state index in [4.69, 9.17) is 0 Å². The molecule has 3 nitrogen and oxygen atoms in total. The zero-order valence-corrected chi connectivity index (χ0v) is 8.51. The van der Waals surface area contributed by atoms with Crippen LogP contribution in [0.15, 0.2) is 4.99 Å². The lowest BCUT2D eigenvalue weighted by Gasteiger charge is -2.23. The van der Waals surface area contributed by atoms with Crippen LogP contribution in [0, 0.1) is 0 Å². The van der Waals surface area contributed by atoms with Crippen LogP contribution in [0.1, 0.15) is 39.5 Å². The number of hydrogen-bond donors (Lipinski definition) is 2. The van der Waals surface area contributed by atoms with Crippen LogP contribution in [0.4, 0.5) is 0 Å². The molecule has 1 fully saturated rings. The Labute approximate surface area is 80.0 Å². The minimum Gasteiger partial charge on any atom is -0.354 e. The highest BCUT2D eigenvalue weighted by Crippen LogP contribution is 2.24. The summed E-state index contributed by atoms with van der Waals surface area (Å²) < 4.78 is 0.